The molecule has 0 N–H and O–H groups in total. The molecule has 2 amide bonds. The summed E-state index contributed by atoms with van der Waals surface area (Å²) in [5, 5.41) is 1.94. The van der Waals surface area contributed by atoms with Gasteiger partial charge in [-0.25, -0.2) is 0 Å². The zero-order valence-electron chi connectivity index (χ0n) is 12.3. The molecule has 0 bridgehead atoms. The van der Waals surface area contributed by atoms with E-state index in [0.717, 1.165) is 31.1 Å². The molecule has 1 fully saturated rings. The first kappa shape index (κ1) is 14.3. The van der Waals surface area contributed by atoms with Gasteiger partial charge in [0.1, 0.15) is 5.70 Å². The molecule has 0 aliphatic carbocycles. The molecule has 0 aromatic carbocycles. The van der Waals surface area contributed by atoms with Gasteiger partial charge in [0.25, 0.3) is 11.8 Å². The number of rotatable bonds is 3. The van der Waals surface area contributed by atoms with Crippen LogP contribution in [-0.4, -0.2) is 66.3 Å². The topological polar surface area (TPSA) is 43.9 Å². The monoisotopic (exact) mass is 305 g/mol. The Balaban J connectivity index is 2.02. The normalized spacial score (nSPS) is 20.9. The second kappa shape index (κ2) is 5.61. The van der Waals surface area contributed by atoms with E-state index in [1.54, 1.807) is 0 Å². The van der Waals surface area contributed by atoms with Gasteiger partial charge in [-0.3, -0.25) is 14.5 Å². The molecule has 3 rings (SSSR count). The van der Waals surface area contributed by atoms with Crippen LogP contribution in [0.3, 0.4) is 0 Å². The average Bonchev–Trinajstić information content (AvgIpc) is 3.07. The van der Waals surface area contributed by atoms with Gasteiger partial charge in [0, 0.05) is 37.6 Å². The van der Waals surface area contributed by atoms with Crippen molar-refractivity contribution in [1.82, 2.24) is 14.7 Å². The lowest BCUT2D eigenvalue weighted by atomic mass is 10.1. The van der Waals surface area contributed by atoms with Crippen LogP contribution in [0.15, 0.2) is 23.2 Å². The Morgan fingerprint density at radius 3 is 2.43 bits per heavy atom. The number of imide groups is 1. The molecule has 6 heteroatoms. The molecule has 2 aliphatic heterocycles. The molecule has 1 aromatic rings. The van der Waals surface area contributed by atoms with Crippen LogP contribution >= 0.6 is 11.3 Å². The van der Waals surface area contributed by atoms with E-state index in [1.807, 2.05) is 24.4 Å². The lowest BCUT2D eigenvalue weighted by Gasteiger charge is -2.34. The van der Waals surface area contributed by atoms with Crippen molar-refractivity contribution in [2.75, 3.05) is 39.8 Å². The number of carbonyl (C=O) groups excluding carboxylic acids is 2. The highest BCUT2D eigenvalue weighted by atomic mass is 32.1. The maximum atomic E-state index is 12.6. The molecule has 0 spiro atoms. The zero-order chi connectivity index (χ0) is 15.0. The Morgan fingerprint density at radius 2 is 1.86 bits per heavy atom. The van der Waals surface area contributed by atoms with E-state index in [9.17, 15) is 9.59 Å². The SMILES string of the molecule is CCN1C(=O)C(c2cccs2)=C(N2CCN(C)CC2)C1=O. The van der Waals surface area contributed by atoms with Crippen LogP contribution in [0.1, 0.15) is 11.8 Å². The van der Waals surface area contributed by atoms with Gasteiger partial charge in [0.2, 0.25) is 0 Å². The molecule has 5 nitrogen and oxygen atoms in total. The molecule has 0 unspecified atom stereocenters. The predicted octanol–water partition coefficient (Wildman–Crippen LogP) is 1.10. The largest absolute Gasteiger partial charge is 0.364 e. The summed E-state index contributed by atoms with van der Waals surface area (Å²) in [5.74, 6) is -0.297. The molecule has 2 aliphatic rings. The molecular weight excluding hydrogens is 286 g/mol. The Hall–Kier alpha value is -1.66. The van der Waals surface area contributed by atoms with Crippen LogP contribution in [0.4, 0.5) is 0 Å². The Bertz CT molecular complexity index is 586. The fraction of sp³-hybridized carbons (Fsp3) is 0.467. The van der Waals surface area contributed by atoms with Crippen molar-refractivity contribution in [2.45, 2.75) is 6.92 Å². The third-order valence-corrected chi connectivity index (χ3v) is 4.93. The molecule has 0 radical (unpaired) electrons. The van der Waals surface area contributed by atoms with Gasteiger partial charge in [-0.2, -0.15) is 0 Å². The fourth-order valence-corrected chi connectivity index (χ4v) is 3.58. The summed E-state index contributed by atoms with van der Waals surface area (Å²) in [6, 6.07) is 3.83. The van der Waals surface area contributed by atoms with Crippen molar-refractivity contribution >= 4 is 28.7 Å². The van der Waals surface area contributed by atoms with E-state index < -0.39 is 0 Å². The van der Waals surface area contributed by atoms with Crippen LogP contribution in [-0.2, 0) is 9.59 Å². The summed E-state index contributed by atoms with van der Waals surface area (Å²) in [6.45, 7) is 5.66. The van der Waals surface area contributed by atoms with Gasteiger partial charge in [0.05, 0.1) is 5.57 Å². The summed E-state index contributed by atoms with van der Waals surface area (Å²) in [5.41, 5.74) is 1.18. The van der Waals surface area contributed by atoms with Crippen molar-refractivity contribution in [2.24, 2.45) is 0 Å². The summed E-state index contributed by atoms with van der Waals surface area (Å²) in [4.78, 5) is 31.8. The molecule has 1 aromatic heterocycles. The number of carbonyl (C=O) groups is 2. The van der Waals surface area contributed by atoms with Crippen molar-refractivity contribution in [3.8, 4) is 0 Å². The quantitative estimate of drug-likeness (QED) is 0.784. The van der Waals surface area contributed by atoms with Gasteiger partial charge in [-0.15, -0.1) is 11.3 Å². The molecule has 0 atom stereocenters. The first-order valence-corrected chi connectivity index (χ1v) is 8.09. The smallest absolute Gasteiger partial charge is 0.277 e. The van der Waals surface area contributed by atoms with E-state index in [4.69, 9.17) is 0 Å². The highest BCUT2D eigenvalue weighted by Gasteiger charge is 2.41. The Morgan fingerprint density at radius 1 is 1.14 bits per heavy atom. The number of hydrogen-bond donors (Lipinski definition) is 0. The van der Waals surface area contributed by atoms with Gasteiger partial charge >= 0.3 is 0 Å². The second-order valence-electron chi connectivity index (χ2n) is 5.35. The lowest BCUT2D eigenvalue weighted by Crippen LogP contribution is -2.46. The number of hydrogen-bond acceptors (Lipinski definition) is 5. The molecule has 3 heterocycles. The Kier molecular flexibility index (Phi) is 3.82. The number of thiophene rings is 1. The van der Waals surface area contributed by atoms with Gasteiger partial charge in [-0.05, 0) is 25.4 Å². The second-order valence-corrected chi connectivity index (χ2v) is 6.29. The highest BCUT2D eigenvalue weighted by molar-refractivity contribution is 7.11. The van der Waals surface area contributed by atoms with Gasteiger partial charge in [0.15, 0.2) is 0 Å². The molecular formula is C15H19N3O2S. The van der Waals surface area contributed by atoms with E-state index in [0.29, 0.717) is 17.8 Å². The van der Waals surface area contributed by atoms with Crippen LogP contribution in [0.2, 0.25) is 0 Å². The van der Waals surface area contributed by atoms with E-state index >= 15 is 0 Å². The lowest BCUT2D eigenvalue weighted by molar-refractivity contribution is -0.137. The first-order valence-electron chi connectivity index (χ1n) is 7.21. The van der Waals surface area contributed by atoms with E-state index in [-0.39, 0.29) is 11.8 Å². The van der Waals surface area contributed by atoms with Crippen LogP contribution in [0.5, 0.6) is 0 Å². The predicted molar refractivity (Wildman–Crippen MR) is 82.7 cm³/mol. The van der Waals surface area contributed by atoms with Crippen molar-refractivity contribution in [3.05, 3.63) is 28.1 Å². The third kappa shape index (κ3) is 2.38. The summed E-state index contributed by atoms with van der Waals surface area (Å²) in [7, 11) is 2.08. The van der Waals surface area contributed by atoms with Crippen molar-refractivity contribution < 1.29 is 9.59 Å². The minimum absolute atomic E-state index is 0.143. The van der Waals surface area contributed by atoms with Crippen molar-refractivity contribution in [1.29, 1.82) is 0 Å². The molecule has 1 saturated heterocycles. The van der Waals surface area contributed by atoms with Crippen LogP contribution in [0.25, 0.3) is 5.57 Å². The van der Waals surface area contributed by atoms with E-state index in [1.165, 1.54) is 16.2 Å². The Labute approximate surface area is 128 Å². The van der Waals surface area contributed by atoms with E-state index in [2.05, 4.69) is 16.8 Å². The van der Waals surface area contributed by atoms with Gasteiger partial charge in [-0.1, -0.05) is 6.07 Å². The summed E-state index contributed by atoms with van der Waals surface area (Å²) < 4.78 is 0. The number of amides is 2. The molecule has 0 saturated carbocycles. The average molecular weight is 305 g/mol. The van der Waals surface area contributed by atoms with Gasteiger partial charge < -0.3 is 9.80 Å². The zero-order valence-corrected chi connectivity index (χ0v) is 13.2. The maximum absolute atomic E-state index is 12.6. The third-order valence-electron chi connectivity index (χ3n) is 4.05. The number of likely N-dealkylation sites (N-methyl/N-ethyl adjacent to an activating group) is 2. The molecule has 112 valence electrons. The highest BCUT2D eigenvalue weighted by Crippen LogP contribution is 2.34. The van der Waals surface area contributed by atoms with Crippen LogP contribution < -0.4 is 0 Å². The van der Waals surface area contributed by atoms with Crippen LogP contribution in [0, 0.1) is 0 Å². The van der Waals surface area contributed by atoms with Crippen molar-refractivity contribution in [3.63, 3.8) is 0 Å². The first-order chi connectivity index (χ1) is 10.1. The summed E-state index contributed by atoms with van der Waals surface area (Å²) >= 11 is 1.51. The number of nitrogens with zero attached hydrogens (tertiary/aromatic N) is 3. The number of piperazine rings is 1. The summed E-state index contributed by atoms with van der Waals surface area (Å²) in [6.07, 6.45) is 0. The minimum atomic E-state index is -0.154. The fourth-order valence-electron chi connectivity index (χ4n) is 2.82. The standard InChI is InChI=1S/C15H19N3O2S/c1-3-18-14(19)12(11-5-4-10-21-11)13(15(18)20)17-8-6-16(2)7-9-17/h4-5,10H,3,6-9H2,1-2H3. The minimum Gasteiger partial charge on any atom is -0.364 e. The molecule has 21 heavy (non-hydrogen) atoms. The maximum Gasteiger partial charge on any atom is 0.277 e.